The van der Waals surface area contributed by atoms with Crippen LogP contribution in [0.25, 0.3) is 0 Å². The van der Waals surface area contributed by atoms with Crippen LogP contribution in [0.5, 0.6) is 0 Å². The molecule has 6 heteroatoms. The van der Waals surface area contributed by atoms with E-state index in [-0.39, 0.29) is 17.2 Å². The average molecular weight is 347 g/mol. The van der Waals surface area contributed by atoms with Gasteiger partial charge in [0.05, 0.1) is 17.9 Å². The first-order chi connectivity index (χ1) is 11.1. The van der Waals surface area contributed by atoms with Crippen molar-refractivity contribution >= 4 is 5.91 Å². The molecule has 1 aliphatic heterocycles. The third-order valence-electron chi connectivity index (χ3n) is 6.33. The number of amides is 1. The van der Waals surface area contributed by atoms with Crippen molar-refractivity contribution in [3.05, 3.63) is 0 Å². The molecule has 1 amide bonds. The Kier molecular flexibility index (Phi) is 4.65. The lowest BCUT2D eigenvalue weighted by molar-refractivity contribution is -0.231. The lowest BCUT2D eigenvalue weighted by Gasteiger charge is -2.49. The van der Waals surface area contributed by atoms with Gasteiger partial charge in [-0.25, -0.2) is 0 Å². The largest absolute Gasteiger partial charge is 0.393 e. The number of likely N-dealkylation sites (tertiary alicyclic amines) is 1. The summed E-state index contributed by atoms with van der Waals surface area (Å²) in [6.07, 6.45) is -1.07. The zero-order valence-electron chi connectivity index (χ0n) is 14.5. The molecule has 0 aromatic carbocycles. The number of carbonyl (C=O) groups excluding carboxylic acids is 1. The normalized spacial score (nSPS) is 39.6. The third-order valence-corrected chi connectivity index (χ3v) is 6.33. The van der Waals surface area contributed by atoms with Gasteiger partial charge >= 0.3 is 6.18 Å². The summed E-state index contributed by atoms with van der Waals surface area (Å²) in [5.41, 5.74) is -0.271. The number of fused-ring (bicyclic) bond motifs is 3. The zero-order valence-corrected chi connectivity index (χ0v) is 14.5. The van der Waals surface area contributed by atoms with E-state index in [1.165, 1.54) is 0 Å². The van der Waals surface area contributed by atoms with E-state index in [1.54, 1.807) is 4.90 Å². The highest BCUT2D eigenvalue weighted by Crippen LogP contribution is 2.55. The number of carbonyl (C=O) groups is 1. The van der Waals surface area contributed by atoms with E-state index in [1.807, 2.05) is 13.8 Å². The maximum atomic E-state index is 13.7. The van der Waals surface area contributed by atoms with Crippen LogP contribution in [-0.4, -0.2) is 41.3 Å². The van der Waals surface area contributed by atoms with Gasteiger partial charge in [0, 0.05) is 13.1 Å². The average Bonchev–Trinajstić information content (AvgIpc) is 2.63. The number of aliphatic hydroxyl groups excluding tert-OH is 1. The Morgan fingerprint density at radius 3 is 2.25 bits per heavy atom. The predicted octanol–water partition coefficient (Wildman–Crippen LogP) is 3.61. The molecular weight excluding hydrogens is 319 g/mol. The number of alkyl halides is 3. The van der Waals surface area contributed by atoms with E-state index in [0.717, 1.165) is 12.8 Å². The van der Waals surface area contributed by atoms with Crippen molar-refractivity contribution < 1.29 is 23.1 Å². The zero-order chi connectivity index (χ0) is 17.7. The van der Waals surface area contributed by atoms with Gasteiger partial charge in [-0.1, -0.05) is 13.8 Å². The summed E-state index contributed by atoms with van der Waals surface area (Å²) in [6.45, 7) is 4.73. The van der Waals surface area contributed by atoms with Gasteiger partial charge in [-0.05, 0) is 55.8 Å². The van der Waals surface area contributed by atoms with Gasteiger partial charge in [0.1, 0.15) is 0 Å². The van der Waals surface area contributed by atoms with Gasteiger partial charge in [0.15, 0.2) is 0 Å². The molecule has 4 fully saturated rings. The highest BCUT2D eigenvalue weighted by molar-refractivity contribution is 5.80. The van der Waals surface area contributed by atoms with Crippen molar-refractivity contribution in [1.29, 1.82) is 0 Å². The molecule has 1 unspecified atom stereocenters. The summed E-state index contributed by atoms with van der Waals surface area (Å²) in [7, 11) is 0. The van der Waals surface area contributed by atoms with Gasteiger partial charge in [-0.3, -0.25) is 4.79 Å². The Hall–Kier alpha value is -0.780. The van der Waals surface area contributed by atoms with Gasteiger partial charge in [-0.15, -0.1) is 0 Å². The van der Waals surface area contributed by atoms with Crippen molar-refractivity contribution in [2.45, 2.75) is 64.7 Å². The van der Waals surface area contributed by atoms with Crippen LogP contribution in [0.15, 0.2) is 0 Å². The Morgan fingerprint density at radius 1 is 1.08 bits per heavy atom. The van der Waals surface area contributed by atoms with Crippen molar-refractivity contribution in [2.24, 2.45) is 29.1 Å². The topological polar surface area (TPSA) is 40.5 Å². The monoisotopic (exact) mass is 347 g/mol. The van der Waals surface area contributed by atoms with Crippen molar-refractivity contribution in [1.82, 2.24) is 4.90 Å². The molecule has 1 N–H and O–H groups in total. The summed E-state index contributed by atoms with van der Waals surface area (Å²) >= 11 is 0. The third kappa shape index (κ3) is 3.44. The standard InChI is InChI=1S/C18H28F3NO2/c1-17(2)9-13(23)7-8-22(10-17)16(24)14-11-3-5-12(6-4-11)15(14)18(19,20)21/h11-15,23H,3-10H2,1-2H3/t11?,12?,13?,14-,15-/m0/s1. The molecule has 1 heterocycles. The Morgan fingerprint density at radius 2 is 1.67 bits per heavy atom. The minimum atomic E-state index is -4.30. The second-order valence-corrected chi connectivity index (χ2v) is 8.84. The molecule has 0 radical (unpaired) electrons. The Labute approximate surface area is 141 Å². The first-order valence-electron chi connectivity index (χ1n) is 9.12. The lowest BCUT2D eigenvalue weighted by Crippen LogP contribution is -2.54. The second kappa shape index (κ2) is 6.19. The quantitative estimate of drug-likeness (QED) is 0.787. The highest BCUT2D eigenvalue weighted by atomic mass is 19.4. The summed E-state index contributed by atoms with van der Waals surface area (Å²) in [6, 6.07) is 0. The van der Waals surface area contributed by atoms with Crippen LogP contribution in [-0.2, 0) is 4.79 Å². The minimum absolute atomic E-state index is 0.134. The van der Waals surface area contributed by atoms with Gasteiger partial charge in [0.25, 0.3) is 0 Å². The molecule has 24 heavy (non-hydrogen) atoms. The fourth-order valence-electron chi connectivity index (χ4n) is 5.38. The van der Waals surface area contributed by atoms with Crippen molar-refractivity contribution in [3.8, 4) is 0 Å². The van der Waals surface area contributed by atoms with E-state index in [9.17, 15) is 23.1 Å². The van der Waals surface area contributed by atoms with Gasteiger partial charge in [0.2, 0.25) is 5.91 Å². The molecule has 3 aliphatic carbocycles. The number of halogens is 3. The summed E-state index contributed by atoms with van der Waals surface area (Å²) in [5.74, 6) is -3.24. The molecule has 0 aromatic rings. The Bertz CT molecular complexity index is 483. The van der Waals surface area contributed by atoms with Crippen LogP contribution < -0.4 is 0 Å². The number of hydrogen-bond donors (Lipinski definition) is 1. The van der Waals surface area contributed by atoms with Crippen LogP contribution in [0, 0.1) is 29.1 Å². The van der Waals surface area contributed by atoms with Gasteiger partial charge in [-0.2, -0.15) is 13.2 Å². The number of hydrogen-bond acceptors (Lipinski definition) is 2. The van der Waals surface area contributed by atoms with E-state index >= 15 is 0 Å². The van der Waals surface area contributed by atoms with E-state index < -0.39 is 30.0 Å². The summed E-state index contributed by atoms with van der Waals surface area (Å²) in [4.78, 5) is 14.7. The Balaban J connectivity index is 1.84. The highest BCUT2D eigenvalue weighted by Gasteiger charge is 2.58. The van der Waals surface area contributed by atoms with Crippen molar-refractivity contribution in [2.75, 3.05) is 13.1 Å². The molecule has 4 rings (SSSR count). The van der Waals surface area contributed by atoms with Crippen LogP contribution in [0.4, 0.5) is 13.2 Å². The molecule has 3 nitrogen and oxygen atoms in total. The molecule has 3 saturated carbocycles. The second-order valence-electron chi connectivity index (χ2n) is 8.84. The molecule has 0 aromatic heterocycles. The summed E-state index contributed by atoms with van der Waals surface area (Å²) in [5, 5.41) is 10.0. The minimum Gasteiger partial charge on any atom is -0.393 e. The predicted molar refractivity (Wildman–Crippen MR) is 84.1 cm³/mol. The fraction of sp³-hybridized carbons (Fsp3) is 0.944. The van der Waals surface area contributed by atoms with E-state index in [4.69, 9.17) is 0 Å². The van der Waals surface area contributed by atoms with Gasteiger partial charge < -0.3 is 10.0 Å². The van der Waals surface area contributed by atoms with Crippen LogP contribution in [0.1, 0.15) is 52.4 Å². The molecule has 138 valence electrons. The van der Waals surface area contributed by atoms with Crippen molar-refractivity contribution in [3.63, 3.8) is 0 Å². The van der Waals surface area contributed by atoms with Crippen LogP contribution in [0.3, 0.4) is 0 Å². The number of rotatable bonds is 1. The molecule has 4 aliphatic rings. The smallest absolute Gasteiger partial charge is 0.392 e. The van der Waals surface area contributed by atoms with E-state index in [2.05, 4.69) is 0 Å². The SMILES string of the molecule is CC1(C)CC(O)CCN(C(=O)[C@H]2C3CCC(CC3)[C@@H]2C(F)(F)F)C1. The molecule has 3 atom stereocenters. The first kappa shape index (κ1) is 18.0. The maximum absolute atomic E-state index is 13.7. The number of aliphatic hydroxyl groups is 1. The number of nitrogens with zero attached hydrogens (tertiary/aromatic N) is 1. The fourth-order valence-corrected chi connectivity index (χ4v) is 5.38. The van der Waals surface area contributed by atoms with E-state index in [0.29, 0.717) is 38.8 Å². The van der Waals surface area contributed by atoms with Crippen LogP contribution >= 0.6 is 0 Å². The van der Waals surface area contributed by atoms with Crippen LogP contribution in [0.2, 0.25) is 0 Å². The molecule has 0 spiro atoms. The molecule has 2 bridgehead atoms. The maximum Gasteiger partial charge on any atom is 0.392 e. The molecule has 1 saturated heterocycles. The first-order valence-corrected chi connectivity index (χ1v) is 9.12. The summed E-state index contributed by atoms with van der Waals surface area (Å²) < 4.78 is 41.0. The molecular formula is C18H28F3NO2. The lowest BCUT2D eigenvalue weighted by atomic mass is 9.58.